The number of aryl methyl sites for hydroxylation is 4. The normalized spacial score (nSPS) is 14.2. The predicted molar refractivity (Wildman–Crippen MR) is 463 cm³/mol. The maximum atomic E-state index is 12.7. The Bertz CT molecular complexity index is 7020. The number of aliphatic imine (C=N–C) groups is 2. The van der Waals surface area contributed by atoms with Gasteiger partial charge in [-0.25, -0.2) is 49.9 Å². The number of aliphatic hydroxyl groups excluding tert-OH is 1. The van der Waals surface area contributed by atoms with Crippen molar-refractivity contribution in [2.24, 2.45) is 58.6 Å². The summed E-state index contributed by atoms with van der Waals surface area (Å²) in [6.45, 7) is 2.38. The molecule has 1 aliphatic heterocycles. The molecule has 608 valence electrons. The number of imide groups is 1. The number of benzene rings is 7. The number of carbonyl (C=O) groups is 2. The molecule has 1 saturated heterocycles. The quantitative estimate of drug-likeness (QED) is 0.0152. The van der Waals surface area contributed by atoms with E-state index in [1.54, 1.807) is 141 Å². The number of hydrogen-bond acceptors (Lipinski definition) is 27. The Balaban J connectivity index is 0.000000131. The number of sulfonamides is 1. The summed E-state index contributed by atoms with van der Waals surface area (Å²) in [5, 5.41) is 73.6. The van der Waals surface area contributed by atoms with Gasteiger partial charge in [0.2, 0.25) is 45.4 Å². The Kier molecular flexibility index (Phi) is 24.3. The first-order valence-corrected chi connectivity index (χ1v) is 44.7. The summed E-state index contributed by atoms with van der Waals surface area (Å²) >= 11 is 4.47. The first-order chi connectivity index (χ1) is 57.2. The third kappa shape index (κ3) is 17.2. The number of azo groups is 2. The lowest BCUT2D eigenvalue weighted by Crippen LogP contribution is -2.51. The topological polar surface area (TPSA) is 420 Å². The molecule has 17 rings (SSSR count). The molecule has 0 spiro atoms. The van der Waals surface area contributed by atoms with E-state index in [2.05, 4.69) is 65.4 Å². The van der Waals surface area contributed by atoms with E-state index < -0.39 is 35.1 Å². The van der Waals surface area contributed by atoms with Gasteiger partial charge in [0, 0.05) is 89.6 Å². The van der Waals surface area contributed by atoms with Gasteiger partial charge in [0.05, 0.1) is 140 Å². The molecule has 1 unspecified atom stereocenters. The van der Waals surface area contributed by atoms with Crippen molar-refractivity contribution in [3.05, 3.63) is 215 Å². The van der Waals surface area contributed by atoms with Crippen LogP contribution in [0.15, 0.2) is 238 Å². The van der Waals surface area contributed by atoms with E-state index in [0.717, 1.165) is 87.0 Å². The maximum absolute atomic E-state index is 12.7. The molecule has 16 aromatic rings. The third-order valence-electron chi connectivity index (χ3n) is 20.3. The van der Waals surface area contributed by atoms with Crippen LogP contribution >= 0.6 is 34.0 Å². The number of thiazole rings is 3. The number of unbranched alkanes of at least 4 members (excludes halogenated alkanes) is 2. The summed E-state index contributed by atoms with van der Waals surface area (Å²) in [6, 6.07) is 46.3. The first kappa shape index (κ1) is 82.8. The number of nitrogens with one attached hydrogen (secondary N) is 2. The number of nitrogens with zero attached hydrogens (tertiary/aromatic N) is 15. The van der Waals surface area contributed by atoms with E-state index in [0.29, 0.717) is 95.2 Å². The van der Waals surface area contributed by atoms with Gasteiger partial charge in [0.25, 0.3) is 0 Å². The lowest BCUT2D eigenvalue weighted by atomic mass is 9.72. The molecule has 119 heavy (non-hydrogen) atoms. The van der Waals surface area contributed by atoms with Crippen LogP contribution in [0.1, 0.15) is 67.8 Å². The van der Waals surface area contributed by atoms with Gasteiger partial charge < -0.3 is 39.2 Å². The Morgan fingerprint density at radius 2 is 1.00 bits per heavy atom. The third-order valence-corrected chi connectivity index (χ3v) is 27.2. The van der Waals surface area contributed by atoms with E-state index in [1.165, 1.54) is 70.4 Å². The fourth-order valence-corrected chi connectivity index (χ4v) is 19.3. The van der Waals surface area contributed by atoms with E-state index in [1.807, 2.05) is 80.7 Å². The molecule has 36 heteroatoms. The molecular weight excluding hydrogens is 1640 g/mol. The molecule has 10 heterocycles. The number of sulfone groups is 2. The Hall–Kier alpha value is -12.7. The Morgan fingerprint density at radius 3 is 1.52 bits per heavy atom. The number of piperidine rings is 1. The zero-order valence-corrected chi connectivity index (χ0v) is 69.6. The van der Waals surface area contributed by atoms with Crippen molar-refractivity contribution in [2.45, 2.75) is 71.3 Å². The molecule has 0 saturated carbocycles. The van der Waals surface area contributed by atoms with Crippen molar-refractivity contribution in [2.75, 3.05) is 19.4 Å². The molecular formula is C83H77N17O13S6. The average molecular weight is 1710 g/mol. The molecule has 0 radical (unpaired) electrons. The van der Waals surface area contributed by atoms with Crippen LogP contribution < -0.4 is 10.0 Å². The van der Waals surface area contributed by atoms with Crippen LogP contribution in [-0.4, -0.2) is 138 Å². The van der Waals surface area contributed by atoms with Gasteiger partial charge in [0.1, 0.15) is 5.65 Å². The van der Waals surface area contributed by atoms with Crippen LogP contribution in [0.25, 0.3) is 74.4 Å². The van der Waals surface area contributed by atoms with E-state index in [9.17, 15) is 55.3 Å². The first-order valence-electron chi connectivity index (χ1n) is 37.0. The molecule has 1 aliphatic rings. The Morgan fingerprint density at radius 1 is 0.513 bits per heavy atom. The number of aliphatic hydroxyl groups is 1. The monoisotopic (exact) mass is 1710 g/mol. The van der Waals surface area contributed by atoms with Crippen molar-refractivity contribution < 1.29 is 60.4 Å². The van der Waals surface area contributed by atoms with Crippen LogP contribution in [0.2, 0.25) is 0 Å². The number of hydrogen-bond donors (Lipinski definition) is 7. The lowest BCUT2D eigenvalue weighted by molar-refractivity contribution is -0.138. The highest BCUT2D eigenvalue weighted by Crippen LogP contribution is 2.46. The molecule has 1 fully saturated rings. The van der Waals surface area contributed by atoms with Gasteiger partial charge in [-0.15, -0.1) is 44.2 Å². The number of pyridine rings is 2. The second-order valence-corrected chi connectivity index (χ2v) is 36.0. The highest BCUT2D eigenvalue weighted by Gasteiger charge is 2.42. The SMILES string of the molecule is CCC1(c2ccc(N=Cc3c(O)n(C)c4ccc5ncsc5c34)cc2)CCC(=O)NC1=O.Cn1c(O)c(C=Nc2ccc(S(C)(=O)=O)cc2)c2cccnc21.Cn1c(O)c(N=Nc2ccc(S(=O)(=O)Cc3ccccn3)cc2)c2c3scnc3ccc21.Cn1c(O)c(N=Nc2ccc(S(=O)(=O)NCCCCCO)cc2)c2c3scnc3ccc21. The summed E-state index contributed by atoms with van der Waals surface area (Å²) in [4.78, 5) is 55.0. The molecule has 2 amide bonds. The Labute approximate surface area is 693 Å². The zero-order valence-electron chi connectivity index (χ0n) is 64.7. The van der Waals surface area contributed by atoms with E-state index in [4.69, 9.17) is 5.11 Å². The molecule has 7 aromatic carbocycles. The minimum atomic E-state index is -3.62. The van der Waals surface area contributed by atoms with E-state index in [-0.39, 0.29) is 62.4 Å². The van der Waals surface area contributed by atoms with Crippen LogP contribution in [0.5, 0.6) is 23.5 Å². The molecule has 7 N–H and O–H groups in total. The van der Waals surface area contributed by atoms with Crippen LogP contribution in [0.3, 0.4) is 0 Å². The highest BCUT2D eigenvalue weighted by molar-refractivity contribution is 7.91. The average Bonchev–Trinajstić information content (AvgIpc) is 1.60. The summed E-state index contributed by atoms with van der Waals surface area (Å²) in [6.07, 6.45) is 11.1. The standard InChI is InChI=1S/C24H22N4O3S.C22H17N5O3S2.C21H23N5O4S2.C16H15N3O3S/c1-3-24(11-10-19(29)27-23(24)31)14-4-6-15(7-5-14)25-12-16-20-18(28(2)22(16)30)9-8-17-21(20)32-13-26-17;1-27-18-10-9-17-21(31-13-24-17)19(18)20(22(27)28)26-25-14-5-7-16(8-6-14)32(29,30)12-15-4-2-3-11-23-15;1-26-17-10-9-16-20(31-13-22-16)18(17)19(21(26)28)25-24-14-5-7-15(8-6-14)32(29,30)23-11-3-2-4-12-27;1-19-15-13(4-3-9-17-15)14(16(19)20)10-18-11-5-7-12(8-6-11)23(2,21)22/h4-9,12-13,30H,3,10-11H2,1-2H3,(H,27,29,31);2-11,13,28H,12H2,1H3;5-10,13,23,27-28H,2-4,11-12H2,1H3;3-10,20H,1-2H3. The fraction of sp³-hybridized carbons (Fsp3) is 0.193. The van der Waals surface area contributed by atoms with Gasteiger partial charge in [0.15, 0.2) is 31.0 Å². The smallest absolute Gasteiger partial charge is 0.240 e. The van der Waals surface area contributed by atoms with Gasteiger partial charge in [-0.05, 0) is 183 Å². The number of aromatic hydroxyl groups is 4. The van der Waals surface area contributed by atoms with Gasteiger partial charge in [-0.1, -0.05) is 25.1 Å². The van der Waals surface area contributed by atoms with E-state index >= 15 is 0 Å². The van der Waals surface area contributed by atoms with Crippen molar-refractivity contribution in [1.82, 2.24) is 53.2 Å². The van der Waals surface area contributed by atoms with Crippen LogP contribution in [0.4, 0.5) is 34.1 Å². The summed E-state index contributed by atoms with van der Waals surface area (Å²) < 4.78 is 85.0. The lowest BCUT2D eigenvalue weighted by Gasteiger charge is -2.34. The van der Waals surface area contributed by atoms with Gasteiger partial charge in [-0.3, -0.25) is 34.4 Å². The maximum Gasteiger partial charge on any atom is 0.240 e. The molecule has 0 bridgehead atoms. The zero-order chi connectivity index (χ0) is 84.1. The van der Waals surface area contributed by atoms with Gasteiger partial charge in [-0.2, -0.15) is 10.2 Å². The molecule has 0 aliphatic carbocycles. The van der Waals surface area contributed by atoms with Crippen molar-refractivity contribution >= 4 is 196 Å². The van der Waals surface area contributed by atoms with Crippen LogP contribution in [-0.2, 0) is 78.6 Å². The fourth-order valence-electron chi connectivity index (χ4n) is 13.8. The number of carbonyl (C=O) groups excluding carboxylic acids is 2. The minimum absolute atomic E-state index is 0.000732. The molecule has 9 aromatic heterocycles. The second-order valence-electron chi connectivity index (χ2n) is 27.7. The summed E-state index contributed by atoms with van der Waals surface area (Å²) in [5.74, 6) is -0.408. The van der Waals surface area contributed by atoms with Crippen LogP contribution in [0, 0.1) is 0 Å². The summed E-state index contributed by atoms with van der Waals surface area (Å²) in [5.41, 5.74) is 15.9. The van der Waals surface area contributed by atoms with Crippen molar-refractivity contribution in [3.63, 3.8) is 0 Å². The number of aromatic nitrogens is 9. The van der Waals surface area contributed by atoms with Gasteiger partial charge >= 0.3 is 0 Å². The number of rotatable bonds is 21. The van der Waals surface area contributed by atoms with Crippen molar-refractivity contribution in [3.8, 4) is 23.5 Å². The largest absolute Gasteiger partial charge is 0.494 e. The molecule has 1 atom stereocenters. The number of fused-ring (bicyclic) bond motifs is 10. The highest BCUT2D eigenvalue weighted by atomic mass is 32.2. The minimum Gasteiger partial charge on any atom is -0.494 e. The predicted octanol–water partition coefficient (Wildman–Crippen LogP) is 16.4. The second kappa shape index (κ2) is 34.9. The number of amides is 2. The summed E-state index contributed by atoms with van der Waals surface area (Å²) in [7, 11) is -3.32. The molecule has 30 nitrogen and oxygen atoms in total. The van der Waals surface area contributed by atoms with Crippen molar-refractivity contribution in [1.29, 1.82) is 0 Å².